The summed E-state index contributed by atoms with van der Waals surface area (Å²) in [5.41, 5.74) is 0. The fraction of sp³-hybridized carbons (Fsp3) is 0.914. The maximum Gasteiger partial charge on any atom is 0.220 e. The van der Waals surface area contributed by atoms with Crippen LogP contribution in [0.3, 0.4) is 0 Å². The number of rotatable bonds is 53. The SMILES string of the molecule is CCCCCCCCCCCCCC/C=C\CCCCCCCCCCCCCCCCC(=O)NC(CO)C(O)/C=C/CCCCCCCCCCCCCCCCCCCC. The molecule has 0 aliphatic carbocycles. The van der Waals surface area contributed by atoms with E-state index in [9.17, 15) is 15.0 Å². The van der Waals surface area contributed by atoms with Crippen molar-refractivity contribution in [1.82, 2.24) is 5.32 Å². The number of hydrogen-bond donors (Lipinski definition) is 3. The van der Waals surface area contributed by atoms with Crippen molar-refractivity contribution in [3.8, 4) is 0 Å². The van der Waals surface area contributed by atoms with Crippen LogP contribution < -0.4 is 5.32 Å². The highest BCUT2D eigenvalue weighted by Crippen LogP contribution is 2.17. The van der Waals surface area contributed by atoms with Crippen LogP contribution in [0.25, 0.3) is 0 Å². The van der Waals surface area contributed by atoms with Crippen LogP contribution in [0.4, 0.5) is 0 Å². The minimum Gasteiger partial charge on any atom is -0.394 e. The Kier molecular flexibility index (Phi) is 53.2. The molecule has 2 atom stereocenters. The van der Waals surface area contributed by atoms with Crippen molar-refractivity contribution in [2.24, 2.45) is 0 Å². The van der Waals surface area contributed by atoms with Crippen LogP contribution in [0, 0.1) is 0 Å². The Hall–Kier alpha value is -1.13. The van der Waals surface area contributed by atoms with Gasteiger partial charge in [0.2, 0.25) is 5.91 Å². The molecule has 0 fully saturated rings. The first kappa shape index (κ1) is 60.9. The van der Waals surface area contributed by atoms with Crippen LogP contribution in [-0.2, 0) is 4.79 Å². The van der Waals surface area contributed by atoms with E-state index in [0.29, 0.717) is 6.42 Å². The molecule has 3 N–H and O–H groups in total. The number of allylic oxidation sites excluding steroid dienone is 3. The Morgan fingerprint density at radius 1 is 0.371 bits per heavy atom. The summed E-state index contributed by atoms with van der Waals surface area (Å²) in [6, 6.07) is -0.620. The lowest BCUT2D eigenvalue weighted by Gasteiger charge is -2.20. The van der Waals surface area contributed by atoms with Gasteiger partial charge in [-0.15, -0.1) is 0 Å². The van der Waals surface area contributed by atoms with Gasteiger partial charge in [0.15, 0.2) is 0 Å². The average Bonchev–Trinajstić information content (AvgIpc) is 3.28. The van der Waals surface area contributed by atoms with Gasteiger partial charge >= 0.3 is 0 Å². The van der Waals surface area contributed by atoms with E-state index in [1.807, 2.05) is 6.08 Å². The highest BCUT2D eigenvalue weighted by Gasteiger charge is 2.18. The first-order valence-electron chi connectivity index (χ1n) is 28.6. The molecule has 0 heterocycles. The molecule has 368 valence electrons. The third-order valence-corrected chi connectivity index (χ3v) is 13.4. The lowest BCUT2D eigenvalue weighted by Crippen LogP contribution is -2.45. The van der Waals surface area contributed by atoms with E-state index in [2.05, 4.69) is 31.3 Å². The van der Waals surface area contributed by atoms with Crippen LogP contribution in [-0.4, -0.2) is 34.9 Å². The number of nitrogens with one attached hydrogen (secondary N) is 1. The van der Waals surface area contributed by atoms with Gasteiger partial charge in [0.1, 0.15) is 0 Å². The molecule has 0 rings (SSSR count). The van der Waals surface area contributed by atoms with Gasteiger partial charge in [-0.05, 0) is 44.9 Å². The summed E-state index contributed by atoms with van der Waals surface area (Å²) < 4.78 is 0. The minimum absolute atomic E-state index is 0.0583. The van der Waals surface area contributed by atoms with Crippen LogP contribution in [0.15, 0.2) is 24.3 Å². The lowest BCUT2D eigenvalue weighted by atomic mass is 10.0. The summed E-state index contributed by atoms with van der Waals surface area (Å²) in [7, 11) is 0. The van der Waals surface area contributed by atoms with Crippen LogP contribution in [0.1, 0.15) is 322 Å². The quantitative estimate of drug-likeness (QED) is 0.0421. The van der Waals surface area contributed by atoms with Gasteiger partial charge < -0.3 is 15.5 Å². The van der Waals surface area contributed by atoms with Gasteiger partial charge in [-0.2, -0.15) is 0 Å². The molecule has 0 aromatic rings. The van der Waals surface area contributed by atoms with E-state index in [-0.39, 0.29) is 12.5 Å². The summed E-state index contributed by atoms with van der Waals surface area (Å²) in [5.74, 6) is -0.0583. The fourth-order valence-corrected chi connectivity index (χ4v) is 9.06. The number of hydrogen-bond acceptors (Lipinski definition) is 3. The standard InChI is InChI=1S/C58H113NO3/c1-3-5-7-9-11-13-15-17-19-21-23-25-26-27-28-29-30-31-32-33-34-36-38-40-42-44-46-48-50-52-54-58(62)59-56(55-60)57(61)53-51-49-47-45-43-41-39-37-35-24-22-20-18-16-14-12-10-8-6-4-2/h27-28,51,53,56-57,60-61H,3-26,29-50,52,54-55H2,1-2H3,(H,59,62)/b28-27-,53-51+. The van der Waals surface area contributed by atoms with Crippen molar-refractivity contribution >= 4 is 5.91 Å². The smallest absolute Gasteiger partial charge is 0.220 e. The highest BCUT2D eigenvalue weighted by atomic mass is 16.3. The van der Waals surface area contributed by atoms with E-state index in [1.54, 1.807) is 6.08 Å². The van der Waals surface area contributed by atoms with E-state index in [1.165, 1.54) is 276 Å². The van der Waals surface area contributed by atoms with E-state index in [0.717, 1.165) is 25.7 Å². The molecule has 2 unspecified atom stereocenters. The molecule has 0 saturated heterocycles. The molecule has 0 aliphatic rings. The summed E-state index contributed by atoms with van der Waals surface area (Å²) in [4.78, 5) is 12.5. The van der Waals surface area contributed by atoms with E-state index in [4.69, 9.17) is 0 Å². The number of amides is 1. The molecule has 0 radical (unpaired) electrons. The Morgan fingerprint density at radius 2 is 0.613 bits per heavy atom. The number of aliphatic hydroxyl groups excluding tert-OH is 2. The molecule has 4 heteroatoms. The summed E-state index contributed by atoms with van der Waals surface area (Å²) in [5, 5.41) is 23.2. The average molecular weight is 873 g/mol. The molecule has 1 amide bonds. The number of aliphatic hydroxyl groups is 2. The molecule has 0 saturated carbocycles. The highest BCUT2D eigenvalue weighted by molar-refractivity contribution is 5.76. The minimum atomic E-state index is -0.837. The molecule has 4 nitrogen and oxygen atoms in total. The van der Waals surface area contributed by atoms with Crippen LogP contribution >= 0.6 is 0 Å². The van der Waals surface area contributed by atoms with Crippen LogP contribution in [0.2, 0.25) is 0 Å². The second-order valence-corrected chi connectivity index (χ2v) is 19.7. The molecular weight excluding hydrogens is 759 g/mol. The number of carbonyl (C=O) groups excluding carboxylic acids is 1. The zero-order chi connectivity index (χ0) is 44.9. The van der Waals surface area contributed by atoms with Crippen molar-refractivity contribution in [2.45, 2.75) is 334 Å². The fourth-order valence-electron chi connectivity index (χ4n) is 9.06. The summed E-state index contributed by atoms with van der Waals surface area (Å²) >= 11 is 0. The summed E-state index contributed by atoms with van der Waals surface area (Å²) in [6.45, 7) is 4.35. The molecule has 0 spiro atoms. The largest absolute Gasteiger partial charge is 0.394 e. The second-order valence-electron chi connectivity index (χ2n) is 19.7. The van der Waals surface area contributed by atoms with Gasteiger partial charge in [-0.3, -0.25) is 4.79 Å². The van der Waals surface area contributed by atoms with Crippen molar-refractivity contribution < 1.29 is 15.0 Å². The van der Waals surface area contributed by atoms with Crippen molar-refractivity contribution in [1.29, 1.82) is 0 Å². The molecule has 0 bridgehead atoms. The Balaban J connectivity index is 3.45. The number of carbonyl (C=O) groups is 1. The third kappa shape index (κ3) is 49.9. The second kappa shape index (κ2) is 54.2. The Bertz CT molecular complexity index is 901. The van der Waals surface area contributed by atoms with Gasteiger partial charge in [-0.1, -0.05) is 295 Å². The zero-order valence-electron chi connectivity index (χ0n) is 42.4. The predicted octanol–water partition coefficient (Wildman–Crippen LogP) is 18.7. The van der Waals surface area contributed by atoms with Gasteiger partial charge in [-0.25, -0.2) is 0 Å². The van der Waals surface area contributed by atoms with E-state index < -0.39 is 12.1 Å². The van der Waals surface area contributed by atoms with Gasteiger partial charge in [0.25, 0.3) is 0 Å². The number of unbranched alkanes of at least 4 members (excludes halogenated alkanes) is 44. The van der Waals surface area contributed by atoms with Crippen LogP contribution in [0.5, 0.6) is 0 Å². The Morgan fingerprint density at radius 3 is 0.887 bits per heavy atom. The van der Waals surface area contributed by atoms with Crippen molar-refractivity contribution in [3.63, 3.8) is 0 Å². The molecule has 0 aromatic heterocycles. The molecular formula is C58H113NO3. The first-order valence-corrected chi connectivity index (χ1v) is 28.6. The molecule has 0 aliphatic heterocycles. The van der Waals surface area contributed by atoms with Gasteiger partial charge in [0.05, 0.1) is 18.8 Å². The normalized spacial score (nSPS) is 12.9. The maximum atomic E-state index is 12.5. The van der Waals surface area contributed by atoms with Gasteiger partial charge in [0, 0.05) is 6.42 Å². The Labute approximate surface area is 389 Å². The maximum absolute atomic E-state index is 12.5. The predicted molar refractivity (Wildman–Crippen MR) is 276 cm³/mol. The summed E-state index contributed by atoms with van der Waals surface area (Å²) in [6.07, 6.45) is 72.0. The third-order valence-electron chi connectivity index (χ3n) is 13.4. The molecule has 62 heavy (non-hydrogen) atoms. The first-order chi connectivity index (χ1) is 30.7. The lowest BCUT2D eigenvalue weighted by molar-refractivity contribution is -0.123. The zero-order valence-corrected chi connectivity index (χ0v) is 42.4. The topological polar surface area (TPSA) is 69.6 Å². The molecule has 0 aromatic carbocycles. The van der Waals surface area contributed by atoms with E-state index >= 15 is 0 Å². The van der Waals surface area contributed by atoms with Crippen molar-refractivity contribution in [2.75, 3.05) is 6.61 Å². The monoisotopic (exact) mass is 872 g/mol. The van der Waals surface area contributed by atoms with Crippen molar-refractivity contribution in [3.05, 3.63) is 24.3 Å².